The molecule has 124 valence electrons. The molecule has 1 aliphatic rings. The molecule has 1 aromatic rings. The molecule has 1 N–H and O–H groups in total. The number of halogens is 1. The Morgan fingerprint density at radius 2 is 1.86 bits per heavy atom. The number of rotatable bonds is 5. The van der Waals surface area contributed by atoms with Gasteiger partial charge < -0.3 is 10.2 Å². The van der Waals surface area contributed by atoms with Crippen LogP contribution in [-0.2, 0) is 9.84 Å². The average Bonchev–Trinajstić information content (AvgIpc) is 3.01. The molecule has 7 heteroatoms. The first-order chi connectivity index (χ1) is 10.1. The lowest BCUT2D eigenvalue weighted by Gasteiger charge is -2.20. The van der Waals surface area contributed by atoms with Crippen LogP contribution < -0.4 is 5.32 Å². The van der Waals surface area contributed by atoms with Crippen molar-refractivity contribution in [3.05, 3.63) is 30.3 Å². The number of likely N-dealkylation sites (tertiary alicyclic amines) is 1. The van der Waals surface area contributed by atoms with Gasteiger partial charge in [-0.2, -0.15) is 0 Å². The molecule has 1 aromatic carbocycles. The minimum Gasteiger partial charge on any atom is -0.357 e. The molecule has 0 aromatic heterocycles. The average molecular weight is 437 g/mol. The van der Waals surface area contributed by atoms with Gasteiger partial charge in [0.1, 0.15) is 0 Å². The van der Waals surface area contributed by atoms with Gasteiger partial charge in [0, 0.05) is 19.6 Å². The topological polar surface area (TPSA) is 61.8 Å². The Hall–Kier alpha value is -0.830. The lowest BCUT2D eigenvalue weighted by molar-refractivity contribution is 0.494. The van der Waals surface area contributed by atoms with Gasteiger partial charge in [-0.05, 0) is 31.9 Å². The molecule has 0 aliphatic carbocycles. The van der Waals surface area contributed by atoms with E-state index in [1.54, 1.807) is 24.3 Å². The van der Waals surface area contributed by atoms with E-state index in [4.69, 9.17) is 0 Å². The molecule has 0 spiro atoms. The van der Waals surface area contributed by atoms with Crippen LogP contribution in [0.15, 0.2) is 40.2 Å². The zero-order chi connectivity index (χ0) is 15.1. The zero-order valence-corrected chi connectivity index (χ0v) is 16.0. The number of hydrogen-bond acceptors (Lipinski definition) is 3. The van der Waals surface area contributed by atoms with Gasteiger partial charge in [-0.25, -0.2) is 8.42 Å². The Bertz CT molecular complexity index is 570. The highest BCUT2D eigenvalue weighted by Gasteiger charge is 2.17. The third-order valence-corrected chi connectivity index (χ3v) is 5.17. The van der Waals surface area contributed by atoms with Crippen molar-refractivity contribution in [2.75, 3.05) is 31.9 Å². The summed E-state index contributed by atoms with van der Waals surface area (Å²) in [6.07, 6.45) is 2.35. The highest BCUT2D eigenvalue weighted by atomic mass is 127. The van der Waals surface area contributed by atoms with Crippen LogP contribution in [-0.4, -0.2) is 51.2 Å². The van der Waals surface area contributed by atoms with Crippen molar-refractivity contribution in [3.63, 3.8) is 0 Å². The van der Waals surface area contributed by atoms with Gasteiger partial charge in [0.05, 0.1) is 17.2 Å². The quantitative estimate of drug-likeness (QED) is 0.436. The molecular formula is C15H24IN3O2S. The van der Waals surface area contributed by atoms with E-state index in [2.05, 4.69) is 15.2 Å². The van der Waals surface area contributed by atoms with Crippen molar-refractivity contribution in [3.8, 4) is 0 Å². The van der Waals surface area contributed by atoms with Gasteiger partial charge >= 0.3 is 0 Å². The standard InChI is InChI=1S/C15H23N3O2S.HI/c1-2-16-15(18-11-6-7-12-18)17-10-13-21(19,20)14-8-4-3-5-9-14;/h3-5,8-9H,2,6-7,10-13H2,1H3,(H,16,17);1H. The predicted octanol–water partition coefficient (Wildman–Crippen LogP) is 2.14. The second-order valence-electron chi connectivity index (χ2n) is 5.06. The van der Waals surface area contributed by atoms with Gasteiger partial charge in [-0.1, -0.05) is 18.2 Å². The smallest absolute Gasteiger partial charge is 0.193 e. The number of sulfone groups is 1. The summed E-state index contributed by atoms with van der Waals surface area (Å²) in [6.45, 7) is 5.09. The molecule has 0 atom stereocenters. The van der Waals surface area contributed by atoms with Crippen LogP contribution >= 0.6 is 24.0 Å². The Morgan fingerprint density at radius 1 is 1.23 bits per heavy atom. The van der Waals surface area contributed by atoms with Crippen LogP contribution in [0.2, 0.25) is 0 Å². The van der Waals surface area contributed by atoms with Crippen LogP contribution in [0.4, 0.5) is 0 Å². The molecule has 22 heavy (non-hydrogen) atoms. The van der Waals surface area contributed by atoms with Gasteiger partial charge in [0.2, 0.25) is 0 Å². The molecule has 1 heterocycles. The van der Waals surface area contributed by atoms with Crippen molar-refractivity contribution < 1.29 is 8.42 Å². The Kier molecular flexibility index (Phi) is 8.16. The fourth-order valence-electron chi connectivity index (χ4n) is 2.37. The van der Waals surface area contributed by atoms with E-state index < -0.39 is 9.84 Å². The number of benzene rings is 1. The van der Waals surface area contributed by atoms with Crippen molar-refractivity contribution in [2.45, 2.75) is 24.7 Å². The minimum atomic E-state index is -3.25. The second-order valence-corrected chi connectivity index (χ2v) is 7.17. The maximum Gasteiger partial charge on any atom is 0.193 e. The van der Waals surface area contributed by atoms with Gasteiger partial charge in [0.15, 0.2) is 15.8 Å². The summed E-state index contributed by atoms with van der Waals surface area (Å²) in [4.78, 5) is 7.02. The summed E-state index contributed by atoms with van der Waals surface area (Å²) in [5.41, 5.74) is 0. The first-order valence-corrected chi connectivity index (χ1v) is 9.10. The van der Waals surface area contributed by atoms with E-state index >= 15 is 0 Å². The van der Waals surface area contributed by atoms with Gasteiger partial charge in [-0.15, -0.1) is 24.0 Å². The maximum absolute atomic E-state index is 12.2. The molecule has 5 nitrogen and oxygen atoms in total. The highest BCUT2D eigenvalue weighted by molar-refractivity contribution is 14.0. The third-order valence-electron chi connectivity index (χ3n) is 3.46. The van der Waals surface area contributed by atoms with E-state index in [1.165, 1.54) is 12.8 Å². The van der Waals surface area contributed by atoms with Crippen molar-refractivity contribution in [1.82, 2.24) is 10.2 Å². The molecule has 1 saturated heterocycles. The lowest BCUT2D eigenvalue weighted by atomic mass is 10.4. The second kappa shape index (κ2) is 9.34. The van der Waals surface area contributed by atoms with Crippen LogP contribution in [0, 0.1) is 0 Å². The molecule has 0 radical (unpaired) electrons. The summed E-state index contributed by atoms with van der Waals surface area (Å²) in [5.74, 6) is 0.873. The molecule has 1 fully saturated rings. The van der Waals surface area contributed by atoms with E-state index in [0.717, 1.165) is 25.6 Å². The number of nitrogens with zero attached hydrogens (tertiary/aromatic N) is 2. The van der Waals surface area contributed by atoms with E-state index in [9.17, 15) is 8.42 Å². The molecule has 2 rings (SSSR count). The van der Waals surface area contributed by atoms with Crippen LogP contribution in [0.5, 0.6) is 0 Å². The monoisotopic (exact) mass is 437 g/mol. The summed E-state index contributed by atoms with van der Waals surface area (Å²) < 4.78 is 24.4. The normalized spacial score (nSPS) is 15.5. The molecular weight excluding hydrogens is 413 g/mol. The summed E-state index contributed by atoms with van der Waals surface area (Å²) in [7, 11) is -3.25. The zero-order valence-electron chi connectivity index (χ0n) is 12.9. The van der Waals surface area contributed by atoms with Gasteiger partial charge in [-0.3, -0.25) is 4.99 Å². The Morgan fingerprint density at radius 3 is 2.45 bits per heavy atom. The number of nitrogens with one attached hydrogen (secondary N) is 1. The highest BCUT2D eigenvalue weighted by Crippen LogP contribution is 2.10. The summed E-state index contributed by atoms with van der Waals surface area (Å²) in [5, 5.41) is 3.23. The maximum atomic E-state index is 12.2. The van der Waals surface area contributed by atoms with Crippen LogP contribution in [0.3, 0.4) is 0 Å². The number of aliphatic imine (C=N–C) groups is 1. The van der Waals surface area contributed by atoms with Crippen molar-refractivity contribution in [1.29, 1.82) is 0 Å². The Labute approximate surface area is 150 Å². The third kappa shape index (κ3) is 5.42. The van der Waals surface area contributed by atoms with E-state index in [1.807, 2.05) is 13.0 Å². The molecule has 0 unspecified atom stereocenters. The fraction of sp³-hybridized carbons (Fsp3) is 0.533. The van der Waals surface area contributed by atoms with Crippen molar-refractivity contribution >= 4 is 39.8 Å². The van der Waals surface area contributed by atoms with Crippen LogP contribution in [0.1, 0.15) is 19.8 Å². The first kappa shape index (κ1) is 19.2. The lowest BCUT2D eigenvalue weighted by Crippen LogP contribution is -2.39. The molecule has 0 bridgehead atoms. The molecule has 0 saturated carbocycles. The number of hydrogen-bond donors (Lipinski definition) is 1. The summed E-state index contributed by atoms with van der Waals surface area (Å²) >= 11 is 0. The first-order valence-electron chi connectivity index (χ1n) is 7.44. The molecule has 0 amide bonds. The van der Waals surface area contributed by atoms with E-state index in [-0.39, 0.29) is 36.3 Å². The van der Waals surface area contributed by atoms with Gasteiger partial charge in [0.25, 0.3) is 0 Å². The Balaban J connectivity index is 0.00000242. The predicted molar refractivity (Wildman–Crippen MR) is 101 cm³/mol. The number of guanidine groups is 1. The van der Waals surface area contributed by atoms with E-state index in [0.29, 0.717) is 4.90 Å². The minimum absolute atomic E-state index is 0. The van der Waals surface area contributed by atoms with Crippen LogP contribution in [0.25, 0.3) is 0 Å². The van der Waals surface area contributed by atoms with Crippen molar-refractivity contribution in [2.24, 2.45) is 4.99 Å². The SMILES string of the molecule is CCNC(=NCCS(=O)(=O)c1ccccc1)N1CCCC1.I. The summed E-state index contributed by atoms with van der Waals surface area (Å²) in [6, 6.07) is 8.55. The fourth-order valence-corrected chi connectivity index (χ4v) is 3.51. The molecule has 1 aliphatic heterocycles. The largest absolute Gasteiger partial charge is 0.357 e.